The number of anilines is 3. The van der Waals surface area contributed by atoms with Gasteiger partial charge in [-0.1, -0.05) is 32.0 Å². The molecule has 2 aromatic carbocycles. The van der Waals surface area contributed by atoms with E-state index >= 15 is 0 Å². The Morgan fingerprint density at radius 3 is 2.67 bits per heavy atom. The molecule has 0 bridgehead atoms. The van der Waals surface area contributed by atoms with Crippen LogP contribution in [0.4, 0.5) is 17.1 Å². The lowest BCUT2D eigenvalue weighted by molar-refractivity contribution is -0.117. The summed E-state index contributed by atoms with van der Waals surface area (Å²) in [6.07, 6.45) is 1.50. The average Bonchev–Trinajstić information content (AvgIpc) is 3.07. The first kappa shape index (κ1) is 19.0. The molecule has 0 aromatic heterocycles. The van der Waals surface area contributed by atoms with Crippen LogP contribution < -0.4 is 15.5 Å². The van der Waals surface area contributed by atoms with Gasteiger partial charge in [-0.2, -0.15) is 0 Å². The first-order chi connectivity index (χ1) is 13.0. The summed E-state index contributed by atoms with van der Waals surface area (Å²) in [5, 5.41) is 6.14. The Kier molecular flexibility index (Phi) is 5.79. The Balaban J connectivity index is 1.64. The normalized spacial score (nSPS) is 13.9. The summed E-state index contributed by atoms with van der Waals surface area (Å²) in [6, 6.07) is 13.7. The molecule has 5 heteroatoms. The van der Waals surface area contributed by atoms with Crippen molar-refractivity contribution in [1.82, 2.24) is 0 Å². The molecule has 1 aliphatic rings. The van der Waals surface area contributed by atoms with Crippen molar-refractivity contribution in [1.29, 1.82) is 0 Å². The van der Waals surface area contributed by atoms with E-state index in [1.54, 1.807) is 0 Å². The second kappa shape index (κ2) is 8.25. The van der Waals surface area contributed by atoms with Crippen LogP contribution in [0.1, 0.15) is 43.7 Å². The van der Waals surface area contributed by atoms with Crippen molar-refractivity contribution in [3.63, 3.8) is 0 Å². The van der Waals surface area contributed by atoms with Crippen LogP contribution in [0, 0.1) is 6.92 Å². The number of carbonyl (C=O) groups excluding carboxylic acids is 2. The van der Waals surface area contributed by atoms with Gasteiger partial charge in [-0.3, -0.25) is 9.59 Å². The Morgan fingerprint density at radius 1 is 1.19 bits per heavy atom. The molecule has 2 amide bonds. The minimum Gasteiger partial charge on any atom is -0.376 e. The summed E-state index contributed by atoms with van der Waals surface area (Å²) in [6.45, 7) is 7.17. The summed E-state index contributed by atoms with van der Waals surface area (Å²) in [4.78, 5) is 26.2. The van der Waals surface area contributed by atoms with E-state index in [0.29, 0.717) is 12.3 Å². The lowest BCUT2D eigenvalue weighted by atomic mass is 10.0. The third kappa shape index (κ3) is 4.48. The second-order valence-corrected chi connectivity index (χ2v) is 7.28. The molecule has 27 heavy (non-hydrogen) atoms. The van der Waals surface area contributed by atoms with Gasteiger partial charge in [-0.05, 0) is 54.7 Å². The van der Waals surface area contributed by atoms with Crippen LogP contribution in [0.3, 0.4) is 0 Å². The smallest absolute Gasteiger partial charge is 0.243 e. The number of amides is 2. The van der Waals surface area contributed by atoms with Gasteiger partial charge in [0.05, 0.1) is 6.54 Å². The Bertz CT molecular complexity index is 845. The van der Waals surface area contributed by atoms with Crippen molar-refractivity contribution in [2.75, 3.05) is 28.6 Å². The van der Waals surface area contributed by atoms with Gasteiger partial charge in [0, 0.05) is 30.0 Å². The highest BCUT2D eigenvalue weighted by Crippen LogP contribution is 2.29. The number of benzene rings is 2. The molecule has 2 aromatic rings. The zero-order valence-electron chi connectivity index (χ0n) is 16.2. The predicted octanol–water partition coefficient (Wildman–Crippen LogP) is 4.30. The zero-order valence-corrected chi connectivity index (χ0v) is 16.2. The molecule has 0 aliphatic carbocycles. The van der Waals surface area contributed by atoms with Crippen LogP contribution in [0.25, 0.3) is 0 Å². The van der Waals surface area contributed by atoms with Crippen LogP contribution in [0.2, 0.25) is 0 Å². The molecule has 0 unspecified atom stereocenters. The average molecular weight is 365 g/mol. The van der Waals surface area contributed by atoms with E-state index < -0.39 is 0 Å². The lowest BCUT2D eigenvalue weighted by Gasteiger charge is -2.20. The number of hydrogen-bond acceptors (Lipinski definition) is 3. The molecule has 1 saturated heterocycles. The van der Waals surface area contributed by atoms with Crippen LogP contribution in [-0.4, -0.2) is 24.9 Å². The Morgan fingerprint density at radius 2 is 1.96 bits per heavy atom. The van der Waals surface area contributed by atoms with Gasteiger partial charge in [-0.15, -0.1) is 0 Å². The molecule has 1 heterocycles. The minimum absolute atomic E-state index is 0.0991. The van der Waals surface area contributed by atoms with Crippen LogP contribution in [0.15, 0.2) is 42.5 Å². The first-order valence-corrected chi connectivity index (χ1v) is 9.49. The molecule has 142 valence electrons. The maximum Gasteiger partial charge on any atom is 0.243 e. The molecule has 0 spiro atoms. The summed E-state index contributed by atoms with van der Waals surface area (Å²) in [5.74, 6) is 0.481. The number of hydrogen-bond donors (Lipinski definition) is 2. The molecule has 0 saturated carbocycles. The van der Waals surface area contributed by atoms with Crippen LogP contribution >= 0.6 is 0 Å². The van der Waals surface area contributed by atoms with E-state index in [1.165, 1.54) is 5.56 Å². The van der Waals surface area contributed by atoms with Gasteiger partial charge in [0.15, 0.2) is 0 Å². The third-order valence-electron chi connectivity index (χ3n) is 4.95. The van der Waals surface area contributed by atoms with E-state index in [2.05, 4.69) is 30.5 Å². The van der Waals surface area contributed by atoms with E-state index in [0.717, 1.165) is 35.6 Å². The van der Waals surface area contributed by atoms with Gasteiger partial charge in [0.1, 0.15) is 0 Å². The molecule has 1 aliphatic heterocycles. The van der Waals surface area contributed by atoms with Crippen molar-refractivity contribution in [3.05, 3.63) is 53.6 Å². The zero-order chi connectivity index (χ0) is 19.4. The highest BCUT2D eigenvalue weighted by Gasteiger charge is 2.23. The fraction of sp³-hybridized carbons (Fsp3) is 0.364. The maximum atomic E-state index is 12.3. The fourth-order valence-electron chi connectivity index (χ4n) is 3.37. The van der Waals surface area contributed by atoms with Gasteiger partial charge in [0.2, 0.25) is 11.8 Å². The maximum absolute atomic E-state index is 12.3. The summed E-state index contributed by atoms with van der Waals surface area (Å²) >= 11 is 0. The Hall–Kier alpha value is -2.82. The van der Waals surface area contributed by atoms with E-state index in [-0.39, 0.29) is 18.4 Å². The van der Waals surface area contributed by atoms with E-state index in [9.17, 15) is 9.59 Å². The molecule has 3 rings (SSSR count). The van der Waals surface area contributed by atoms with E-state index in [1.807, 2.05) is 48.2 Å². The first-order valence-electron chi connectivity index (χ1n) is 9.49. The number of rotatable bonds is 6. The summed E-state index contributed by atoms with van der Waals surface area (Å²) in [5.41, 5.74) is 4.79. The second-order valence-electron chi connectivity index (χ2n) is 7.28. The number of nitrogens with one attached hydrogen (secondary N) is 2. The highest BCUT2D eigenvalue weighted by molar-refractivity contribution is 5.97. The summed E-state index contributed by atoms with van der Waals surface area (Å²) < 4.78 is 0. The molecule has 0 atom stereocenters. The van der Waals surface area contributed by atoms with Crippen molar-refractivity contribution in [2.24, 2.45) is 0 Å². The molecular weight excluding hydrogens is 338 g/mol. The number of carbonyl (C=O) groups is 2. The Labute approximate surface area is 160 Å². The van der Waals surface area contributed by atoms with Crippen LogP contribution in [0.5, 0.6) is 0 Å². The van der Waals surface area contributed by atoms with Gasteiger partial charge < -0.3 is 15.5 Å². The topological polar surface area (TPSA) is 61.4 Å². The molecular formula is C22H27N3O2. The minimum atomic E-state index is -0.0991. The van der Waals surface area contributed by atoms with Crippen molar-refractivity contribution < 1.29 is 9.59 Å². The standard InChI is InChI=1S/C22H27N3O2/c1-15(2)17-7-4-8-18(13-17)24-21(26)14-23-19-9-5-10-20(16(19)3)25-12-6-11-22(25)27/h4-5,7-10,13,15,23H,6,11-12,14H2,1-3H3,(H,24,26). The fourth-order valence-corrected chi connectivity index (χ4v) is 3.37. The molecule has 1 fully saturated rings. The largest absolute Gasteiger partial charge is 0.376 e. The van der Waals surface area contributed by atoms with Crippen molar-refractivity contribution in [2.45, 2.75) is 39.5 Å². The van der Waals surface area contributed by atoms with E-state index in [4.69, 9.17) is 0 Å². The predicted molar refractivity (Wildman–Crippen MR) is 110 cm³/mol. The number of nitrogens with zero attached hydrogens (tertiary/aromatic N) is 1. The monoisotopic (exact) mass is 365 g/mol. The van der Waals surface area contributed by atoms with Gasteiger partial charge in [0.25, 0.3) is 0 Å². The van der Waals surface area contributed by atoms with Crippen molar-refractivity contribution >= 4 is 28.9 Å². The van der Waals surface area contributed by atoms with Crippen LogP contribution in [-0.2, 0) is 9.59 Å². The quantitative estimate of drug-likeness (QED) is 0.802. The molecule has 0 radical (unpaired) electrons. The third-order valence-corrected chi connectivity index (χ3v) is 4.95. The SMILES string of the molecule is Cc1c(NCC(=O)Nc2cccc(C(C)C)c2)cccc1N1CCCC1=O. The molecule has 2 N–H and O–H groups in total. The lowest BCUT2D eigenvalue weighted by Crippen LogP contribution is -2.25. The van der Waals surface area contributed by atoms with Gasteiger partial charge >= 0.3 is 0 Å². The summed E-state index contributed by atoms with van der Waals surface area (Å²) in [7, 11) is 0. The van der Waals surface area contributed by atoms with Crippen molar-refractivity contribution in [3.8, 4) is 0 Å². The molecule has 5 nitrogen and oxygen atoms in total. The van der Waals surface area contributed by atoms with Gasteiger partial charge in [-0.25, -0.2) is 0 Å². The highest BCUT2D eigenvalue weighted by atomic mass is 16.2.